The normalized spacial score (nSPS) is 11.6. The van der Waals surface area contributed by atoms with Crippen LogP contribution in [0.25, 0.3) is 0 Å². The summed E-state index contributed by atoms with van der Waals surface area (Å²) in [5.41, 5.74) is -0.0900. The summed E-state index contributed by atoms with van der Waals surface area (Å²) in [6.07, 6.45) is 0. The molecule has 2 nitrogen and oxygen atoms in total. The third kappa shape index (κ3) is 5.61. The van der Waals surface area contributed by atoms with Crippen LogP contribution in [0.5, 0.6) is 0 Å². The van der Waals surface area contributed by atoms with Crippen LogP contribution in [0.2, 0.25) is 0 Å². The van der Waals surface area contributed by atoms with Gasteiger partial charge in [-0.3, -0.25) is 0 Å². The Morgan fingerprint density at radius 2 is 1.74 bits per heavy atom. The van der Waals surface area contributed by atoms with E-state index in [1.165, 1.54) is 0 Å². The minimum absolute atomic E-state index is 0.0900. The summed E-state index contributed by atoms with van der Waals surface area (Å²) in [7, 11) is 1.78. The van der Waals surface area contributed by atoms with E-state index in [1.807, 2.05) is 0 Å². The molecule has 0 aliphatic carbocycles. The summed E-state index contributed by atoms with van der Waals surface area (Å²) < 4.78 is 39.7. The van der Waals surface area contributed by atoms with E-state index in [2.05, 4.69) is 19.2 Å². The third-order valence-electron chi connectivity index (χ3n) is 2.76. The van der Waals surface area contributed by atoms with Gasteiger partial charge in [0.15, 0.2) is 0 Å². The van der Waals surface area contributed by atoms with E-state index < -0.39 is 17.5 Å². The van der Waals surface area contributed by atoms with Gasteiger partial charge in [-0.05, 0) is 19.5 Å². The van der Waals surface area contributed by atoms with Crippen LogP contribution in [0, 0.1) is 23.4 Å². The van der Waals surface area contributed by atoms with Crippen LogP contribution in [-0.4, -0.2) is 31.6 Å². The van der Waals surface area contributed by atoms with Gasteiger partial charge in [0.05, 0.1) is 0 Å². The van der Waals surface area contributed by atoms with Crippen LogP contribution < -0.4 is 5.32 Å². The minimum Gasteiger partial charge on any atom is -0.315 e. The molecule has 0 unspecified atom stereocenters. The zero-order valence-electron chi connectivity index (χ0n) is 11.6. The van der Waals surface area contributed by atoms with Gasteiger partial charge in [0.25, 0.3) is 0 Å². The Hall–Kier alpha value is -1.07. The fourth-order valence-electron chi connectivity index (χ4n) is 1.73. The lowest BCUT2D eigenvalue weighted by Crippen LogP contribution is -2.31. The van der Waals surface area contributed by atoms with E-state index in [0.29, 0.717) is 24.6 Å². The van der Waals surface area contributed by atoms with Gasteiger partial charge >= 0.3 is 0 Å². The van der Waals surface area contributed by atoms with Gasteiger partial charge in [-0.15, -0.1) is 0 Å². The Balaban J connectivity index is 2.46. The molecule has 0 amide bonds. The number of benzene rings is 1. The number of rotatable bonds is 7. The fourth-order valence-corrected chi connectivity index (χ4v) is 1.73. The summed E-state index contributed by atoms with van der Waals surface area (Å²) in [6.45, 7) is 6.68. The second-order valence-electron chi connectivity index (χ2n) is 5.18. The van der Waals surface area contributed by atoms with Gasteiger partial charge in [-0.25, -0.2) is 13.2 Å². The lowest BCUT2D eigenvalue weighted by Gasteiger charge is -2.18. The maximum atomic E-state index is 13.4. The Kier molecular flexibility index (Phi) is 6.31. The number of hydrogen-bond donors (Lipinski definition) is 1. The van der Waals surface area contributed by atoms with E-state index in [0.717, 1.165) is 13.1 Å². The predicted molar refractivity (Wildman–Crippen MR) is 70.4 cm³/mol. The minimum atomic E-state index is -0.889. The first-order valence-electron chi connectivity index (χ1n) is 6.42. The van der Waals surface area contributed by atoms with Crippen molar-refractivity contribution in [2.75, 3.05) is 26.7 Å². The topological polar surface area (TPSA) is 15.3 Å². The molecule has 1 N–H and O–H groups in total. The van der Waals surface area contributed by atoms with Crippen LogP contribution in [-0.2, 0) is 6.54 Å². The van der Waals surface area contributed by atoms with Crippen LogP contribution in [0.1, 0.15) is 19.4 Å². The summed E-state index contributed by atoms with van der Waals surface area (Å²) in [5.74, 6) is -1.99. The van der Waals surface area contributed by atoms with E-state index in [-0.39, 0.29) is 12.1 Å². The highest BCUT2D eigenvalue weighted by Crippen LogP contribution is 2.16. The maximum absolute atomic E-state index is 13.4. The first kappa shape index (κ1) is 16.0. The first-order chi connectivity index (χ1) is 8.90. The van der Waals surface area contributed by atoms with Crippen molar-refractivity contribution in [1.29, 1.82) is 0 Å². The lowest BCUT2D eigenvalue weighted by molar-refractivity contribution is 0.310. The van der Waals surface area contributed by atoms with Crippen molar-refractivity contribution in [3.8, 4) is 0 Å². The molecule has 0 spiro atoms. The molecule has 0 fully saturated rings. The van der Waals surface area contributed by atoms with Gasteiger partial charge < -0.3 is 10.2 Å². The smallest absolute Gasteiger partial charge is 0.133 e. The van der Waals surface area contributed by atoms with Crippen LogP contribution in [0.3, 0.4) is 0 Å². The second kappa shape index (κ2) is 7.50. The number of nitrogens with one attached hydrogen (secondary N) is 1. The number of nitrogens with zero attached hydrogens (tertiary/aromatic N) is 1. The molecule has 0 aliphatic heterocycles. The van der Waals surface area contributed by atoms with Crippen molar-refractivity contribution >= 4 is 0 Å². The van der Waals surface area contributed by atoms with Crippen molar-refractivity contribution in [2.24, 2.45) is 5.92 Å². The summed E-state index contributed by atoms with van der Waals surface area (Å²) >= 11 is 0. The maximum Gasteiger partial charge on any atom is 0.133 e. The van der Waals surface area contributed by atoms with Crippen molar-refractivity contribution < 1.29 is 13.2 Å². The van der Waals surface area contributed by atoms with E-state index in [4.69, 9.17) is 0 Å². The van der Waals surface area contributed by atoms with Crippen LogP contribution in [0.15, 0.2) is 12.1 Å². The molecule has 0 aromatic heterocycles. The number of likely N-dealkylation sites (N-methyl/N-ethyl adjacent to an activating group) is 1. The molecule has 1 aromatic rings. The quantitative estimate of drug-likeness (QED) is 0.769. The van der Waals surface area contributed by atoms with Crippen molar-refractivity contribution in [3.63, 3.8) is 0 Å². The van der Waals surface area contributed by atoms with Gasteiger partial charge in [0.2, 0.25) is 0 Å². The molecule has 1 rings (SSSR count). The zero-order valence-corrected chi connectivity index (χ0v) is 11.6. The highest BCUT2D eigenvalue weighted by atomic mass is 19.1. The number of hydrogen-bond acceptors (Lipinski definition) is 2. The van der Waals surface area contributed by atoms with E-state index >= 15 is 0 Å². The van der Waals surface area contributed by atoms with Gasteiger partial charge in [0.1, 0.15) is 17.5 Å². The molecule has 0 atom stereocenters. The predicted octanol–water partition coefficient (Wildman–Crippen LogP) is 2.78. The SMILES string of the molecule is CC(C)CNCCN(C)Cc1c(F)cc(F)cc1F. The molecular weight excluding hydrogens is 253 g/mol. The molecule has 5 heteroatoms. The molecule has 108 valence electrons. The molecular formula is C14H21F3N2. The second-order valence-corrected chi connectivity index (χ2v) is 5.18. The van der Waals surface area contributed by atoms with Crippen LogP contribution in [0.4, 0.5) is 13.2 Å². The molecule has 0 bridgehead atoms. The largest absolute Gasteiger partial charge is 0.315 e. The van der Waals surface area contributed by atoms with Crippen molar-refractivity contribution in [2.45, 2.75) is 20.4 Å². The molecule has 0 radical (unpaired) electrons. The summed E-state index contributed by atoms with van der Waals surface area (Å²) in [5, 5.41) is 3.25. The summed E-state index contributed by atoms with van der Waals surface area (Å²) in [6, 6.07) is 1.42. The molecule has 0 heterocycles. The zero-order chi connectivity index (χ0) is 14.4. The molecule has 0 aliphatic rings. The Morgan fingerprint density at radius 3 is 2.26 bits per heavy atom. The van der Waals surface area contributed by atoms with E-state index in [1.54, 1.807) is 11.9 Å². The van der Waals surface area contributed by atoms with Crippen molar-refractivity contribution in [1.82, 2.24) is 10.2 Å². The van der Waals surface area contributed by atoms with Gasteiger partial charge in [0, 0.05) is 37.3 Å². The number of halogens is 3. The Labute approximate surface area is 112 Å². The Bertz CT molecular complexity index is 385. The van der Waals surface area contributed by atoms with Gasteiger partial charge in [-0.2, -0.15) is 0 Å². The van der Waals surface area contributed by atoms with E-state index in [9.17, 15) is 13.2 Å². The summed E-state index contributed by atoms with van der Waals surface area (Å²) in [4.78, 5) is 1.80. The van der Waals surface area contributed by atoms with Gasteiger partial charge in [-0.1, -0.05) is 13.8 Å². The molecule has 0 saturated carbocycles. The van der Waals surface area contributed by atoms with Crippen LogP contribution >= 0.6 is 0 Å². The monoisotopic (exact) mass is 274 g/mol. The highest BCUT2D eigenvalue weighted by molar-refractivity contribution is 5.20. The third-order valence-corrected chi connectivity index (χ3v) is 2.76. The highest BCUT2D eigenvalue weighted by Gasteiger charge is 2.13. The lowest BCUT2D eigenvalue weighted by atomic mass is 10.2. The van der Waals surface area contributed by atoms with Crippen molar-refractivity contribution in [3.05, 3.63) is 35.1 Å². The average Bonchev–Trinajstić information content (AvgIpc) is 2.29. The molecule has 0 saturated heterocycles. The average molecular weight is 274 g/mol. The standard InChI is InChI=1S/C14H21F3N2/c1-10(2)8-18-4-5-19(3)9-12-13(16)6-11(15)7-14(12)17/h6-7,10,18H,4-5,8-9H2,1-3H3. The molecule has 19 heavy (non-hydrogen) atoms. The molecule has 1 aromatic carbocycles. The fraction of sp³-hybridized carbons (Fsp3) is 0.571. The first-order valence-corrected chi connectivity index (χ1v) is 6.42. The Morgan fingerprint density at radius 1 is 1.16 bits per heavy atom.